The fourth-order valence-corrected chi connectivity index (χ4v) is 3.40. The largest absolute Gasteiger partial charge is 0.361 e. The Morgan fingerprint density at radius 1 is 1.11 bits per heavy atom. The van der Waals surface area contributed by atoms with Crippen LogP contribution in [0.15, 0.2) is 30.5 Å². The van der Waals surface area contributed by atoms with E-state index in [4.69, 9.17) is 0 Å². The SMILES string of the molecule is c1cc2ccc([C@@H](C3CC3)N3CCNCC3)cc2[nH]1. The molecule has 1 aliphatic heterocycles. The van der Waals surface area contributed by atoms with E-state index in [1.54, 1.807) is 0 Å². The molecule has 2 aliphatic rings. The minimum atomic E-state index is 0.634. The highest BCUT2D eigenvalue weighted by molar-refractivity contribution is 5.80. The summed E-state index contributed by atoms with van der Waals surface area (Å²) in [7, 11) is 0. The first-order valence-corrected chi connectivity index (χ1v) is 7.43. The van der Waals surface area contributed by atoms with Crippen molar-refractivity contribution < 1.29 is 0 Å². The number of nitrogens with one attached hydrogen (secondary N) is 2. The molecule has 0 unspecified atom stereocenters. The Morgan fingerprint density at radius 2 is 1.95 bits per heavy atom. The number of aromatic nitrogens is 1. The second-order valence-corrected chi connectivity index (χ2v) is 5.89. The van der Waals surface area contributed by atoms with Crippen LogP contribution in [-0.2, 0) is 0 Å². The molecule has 2 N–H and O–H groups in total. The fourth-order valence-electron chi connectivity index (χ4n) is 3.40. The molecule has 1 saturated heterocycles. The van der Waals surface area contributed by atoms with Gasteiger partial charge in [-0.05, 0) is 41.8 Å². The summed E-state index contributed by atoms with van der Waals surface area (Å²) in [5.41, 5.74) is 2.78. The first-order chi connectivity index (χ1) is 9.42. The molecule has 1 saturated carbocycles. The summed E-state index contributed by atoms with van der Waals surface area (Å²) in [5.74, 6) is 0.880. The molecule has 2 heterocycles. The molecule has 2 aromatic rings. The van der Waals surface area contributed by atoms with E-state index in [-0.39, 0.29) is 0 Å². The molecular formula is C16H21N3. The molecule has 19 heavy (non-hydrogen) atoms. The molecule has 3 nitrogen and oxygen atoms in total. The highest BCUT2D eigenvalue weighted by atomic mass is 15.2. The number of nitrogens with zero attached hydrogens (tertiary/aromatic N) is 1. The lowest BCUT2D eigenvalue weighted by atomic mass is 9.99. The van der Waals surface area contributed by atoms with Crippen LogP contribution in [0.25, 0.3) is 10.9 Å². The van der Waals surface area contributed by atoms with Gasteiger partial charge in [-0.15, -0.1) is 0 Å². The van der Waals surface area contributed by atoms with Crippen molar-refractivity contribution in [2.24, 2.45) is 5.92 Å². The van der Waals surface area contributed by atoms with Crippen LogP contribution in [-0.4, -0.2) is 36.1 Å². The van der Waals surface area contributed by atoms with E-state index in [0.29, 0.717) is 6.04 Å². The lowest BCUT2D eigenvalue weighted by molar-refractivity contribution is 0.156. The molecule has 1 atom stereocenters. The van der Waals surface area contributed by atoms with Gasteiger partial charge in [-0.3, -0.25) is 4.90 Å². The topological polar surface area (TPSA) is 31.1 Å². The highest BCUT2D eigenvalue weighted by Crippen LogP contribution is 2.45. The lowest BCUT2D eigenvalue weighted by Gasteiger charge is -2.35. The summed E-state index contributed by atoms with van der Waals surface area (Å²) >= 11 is 0. The maximum Gasteiger partial charge on any atom is 0.0457 e. The van der Waals surface area contributed by atoms with Crippen LogP contribution in [0.3, 0.4) is 0 Å². The van der Waals surface area contributed by atoms with Crippen LogP contribution in [0.2, 0.25) is 0 Å². The predicted molar refractivity (Wildman–Crippen MR) is 78.2 cm³/mol. The maximum atomic E-state index is 3.46. The molecule has 0 radical (unpaired) electrons. The van der Waals surface area contributed by atoms with E-state index in [9.17, 15) is 0 Å². The molecule has 0 spiro atoms. The van der Waals surface area contributed by atoms with Gasteiger partial charge in [-0.2, -0.15) is 0 Å². The first kappa shape index (κ1) is 11.5. The van der Waals surface area contributed by atoms with Gasteiger partial charge in [0.15, 0.2) is 0 Å². The Balaban J connectivity index is 1.68. The number of H-pyrrole nitrogens is 1. The van der Waals surface area contributed by atoms with Crippen LogP contribution in [0.5, 0.6) is 0 Å². The Kier molecular flexibility index (Phi) is 2.82. The summed E-state index contributed by atoms with van der Waals surface area (Å²) < 4.78 is 0. The Bertz CT molecular complexity index is 564. The van der Waals surface area contributed by atoms with Gasteiger partial charge in [0.25, 0.3) is 0 Å². The number of aromatic amines is 1. The molecule has 4 rings (SSSR count). The molecule has 100 valence electrons. The third-order valence-electron chi connectivity index (χ3n) is 4.53. The Hall–Kier alpha value is -1.32. The van der Waals surface area contributed by atoms with E-state index in [0.717, 1.165) is 19.0 Å². The van der Waals surface area contributed by atoms with Crippen LogP contribution in [0.4, 0.5) is 0 Å². The van der Waals surface area contributed by atoms with E-state index < -0.39 is 0 Å². The summed E-state index contributed by atoms with van der Waals surface area (Å²) in [6, 6.07) is 9.74. The van der Waals surface area contributed by atoms with E-state index >= 15 is 0 Å². The van der Waals surface area contributed by atoms with Crippen molar-refractivity contribution in [2.45, 2.75) is 18.9 Å². The normalized spacial score (nSPS) is 22.7. The zero-order valence-electron chi connectivity index (χ0n) is 11.2. The summed E-state index contributed by atoms with van der Waals surface area (Å²) in [5, 5.41) is 4.78. The zero-order valence-corrected chi connectivity index (χ0v) is 11.2. The van der Waals surface area contributed by atoms with Crippen molar-refractivity contribution in [3.05, 3.63) is 36.0 Å². The van der Waals surface area contributed by atoms with E-state index in [1.165, 1.54) is 42.4 Å². The van der Waals surface area contributed by atoms with Crippen LogP contribution in [0.1, 0.15) is 24.4 Å². The highest BCUT2D eigenvalue weighted by Gasteiger charge is 2.36. The minimum absolute atomic E-state index is 0.634. The van der Waals surface area contributed by atoms with Gasteiger partial charge in [-0.25, -0.2) is 0 Å². The van der Waals surface area contributed by atoms with Crippen molar-refractivity contribution >= 4 is 10.9 Å². The van der Waals surface area contributed by atoms with Crippen molar-refractivity contribution in [3.8, 4) is 0 Å². The van der Waals surface area contributed by atoms with Crippen LogP contribution >= 0.6 is 0 Å². The second-order valence-electron chi connectivity index (χ2n) is 5.89. The van der Waals surface area contributed by atoms with Gasteiger partial charge in [0.1, 0.15) is 0 Å². The Labute approximate surface area is 114 Å². The maximum absolute atomic E-state index is 3.46. The molecular weight excluding hydrogens is 234 g/mol. The van der Waals surface area contributed by atoms with Gasteiger partial charge < -0.3 is 10.3 Å². The molecule has 0 amide bonds. The first-order valence-electron chi connectivity index (χ1n) is 7.43. The molecule has 1 aliphatic carbocycles. The average Bonchev–Trinajstić information content (AvgIpc) is 3.17. The van der Waals surface area contributed by atoms with E-state index in [1.807, 2.05) is 6.20 Å². The number of hydrogen-bond donors (Lipinski definition) is 2. The minimum Gasteiger partial charge on any atom is -0.361 e. The van der Waals surface area contributed by atoms with Gasteiger partial charge in [0, 0.05) is 43.9 Å². The average molecular weight is 255 g/mol. The van der Waals surface area contributed by atoms with Crippen molar-refractivity contribution in [1.29, 1.82) is 0 Å². The lowest BCUT2D eigenvalue weighted by Crippen LogP contribution is -2.45. The van der Waals surface area contributed by atoms with Gasteiger partial charge in [0.2, 0.25) is 0 Å². The second kappa shape index (κ2) is 4.66. The summed E-state index contributed by atoms with van der Waals surface area (Å²) in [6.45, 7) is 4.63. The van der Waals surface area contributed by atoms with Crippen molar-refractivity contribution in [1.82, 2.24) is 15.2 Å². The number of hydrogen-bond acceptors (Lipinski definition) is 2. The summed E-state index contributed by atoms with van der Waals surface area (Å²) in [6.07, 6.45) is 4.83. The quantitative estimate of drug-likeness (QED) is 0.883. The van der Waals surface area contributed by atoms with Crippen molar-refractivity contribution in [2.75, 3.05) is 26.2 Å². The standard InChI is InChI=1S/C16H21N3/c1-4-14(11-15-12(1)5-6-18-15)16(13-2-3-13)19-9-7-17-8-10-19/h1,4-6,11,13,16-18H,2-3,7-10H2/t16-/m1/s1. The van der Waals surface area contributed by atoms with Gasteiger partial charge >= 0.3 is 0 Å². The fraction of sp³-hybridized carbons (Fsp3) is 0.500. The van der Waals surface area contributed by atoms with Crippen LogP contribution in [0, 0.1) is 5.92 Å². The number of piperazine rings is 1. The zero-order chi connectivity index (χ0) is 12.7. The number of fused-ring (bicyclic) bond motifs is 1. The number of benzene rings is 1. The van der Waals surface area contributed by atoms with Gasteiger partial charge in [-0.1, -0.05) is 12.1 Å². The molecule has 0 bridgehead atoms. The predicted octanol–water partition coefficient (Wildman–Crippen LogP) is 2.52. The molecule has 3 heteroatoms. The van der Waals surface area contributed by atoms with Crippen molar-refractivity contribution in [3.63, 3.8) is 0 Å². The monoisotopic (exact) mass is 255 g/mol. The molecule has 1 aromatic carbocycles. The molecule has 1 aromatic heterocycles. The molecule has 2 fully saturated rings. The smallest absolute Gasteiger partial charge is 0.0457 e. The summed E-state index contributed by atoms with van der Waals surface area (Å²) in [4.78, 5) is 6.03. The Morgan fingerprint density at radius 3 is 2.74 bits per heavy atom. The van der Waals surface area contributed by atoms with Gasteiger partial charge in [0.05, 0.1) is 0 Å². The van der Waals surface area contributed by atoms with Crippen LogP contribution < -0.4 is 5.32 Å². The third-order valence-corrected chi connectivity index (χ3v) is 4.53. The third kappa shape index (κ3) is 2.17. The number of rotatable bonds is 3. The van der Waals surface area contributed by atoms with E-state index in [2.05, 4.69) is 39.5 Å².